The normalized spacial score (nSPS) is 12.0. The van der Waals surface area contributed by atoms with E-state index in [1.54, 1.807) is 19.1 Å². The van der Waals surface area contributed by atoms with Gasteiger partial charge in [-0.1, -0.05) is 11.6 Å². The predicted molar refractivity (Wildman–Crippen MR) is 79.2 cm³/mol. The van der Waals surface area contributed by atoms with Crippen LogP contribution in [0.2, 0.25) is 0 Å². The van der Waals surface area contributed by atoms with Gasteiger partial charge in [-0.05, 0) is 43.7 Å². The minimum absolute atomic E-state index is 0.0544. The summed E-state index contributed by atoms with van der Waals surface area (Å²) in [6.45, 7) is 3.93. The number of hydrogen-bond donors (Lipinski definition) is 1. The molecular formula is C16H17NO4. The van der Waals surface area contributed by atoms with E-state index in [0.717, 1.165) is 16.7 Å². The molecule has 2 aromatic carbocycles. The van der Waals surface area contributed by atoms with Crippen molar-refractivity contribution < 1.29 is 14.8 Å². The molecule has 0 saturated heterocycles. The van der Waals surface area contributed by atoms with Crippen LogP contribution in [-0.4, -0.2) is 10.0 Å². The Labute approximate surface area is 123 Å². The molecule has 1 N–H and O–H groups in total. The van der Waals surface area contributed by atoms with Crippen molar-refractivity contribution in [3.05, 3.63) is 69.3 Å². The summed E-state index contributed by atoms with van der Waals surface area (Å²) in [6.07, 6.45) is -0.614. The van der Waals surface area contributed by atoms with Gasteiger partial charge in [0.2, 0.25) is 0 Å². The maximum atomic E-state index is 10.6. The fourth-order valence-corrected chi connectivity index (χ4v) is 2.00. The van der Waals surface area contributed by atoms with Crippen LogP contribution in [0, 0.1) is 17.0 Å². The smallest absolute Gasteiger partial charge is 0.269 e. The zero-order valence-electron chi connectivity index (χ0n) is 11.9. The number of aliphatic hydroxyl groups is 1. The Hall–Kier alpha value is -2.40. The lowest BCUT2D eigenvalue weighted by molar-refractivity contribution is -0.384. The van der Waals surface area contributed by atoms with Gasteiger partial charge in [-0.3, -0.25) is 10.1 Å². The monoisotopic (exact) mass is 287 g/mol. The van der Waals surface area contributed by atoms with Crippen LogP contribution in [0.5, 0.6) is 5.75 Å². The van der Waals surface area contributed by atoms with Gasteiger partial charge in [-0.2, -0.15) is 0 Å². The Morgan fingerprint density at radius 1 is 1.24 bits per heavy atom. The van der Waals surface area contributed by atoms with E-state index in [1.165, 1.54) is 12.1 Å². The number of aliphatic hydroxyl groups excluding tert-OH is 1. The molecule has 0 heterocycles. The summed E-state index contributed by atoms with van der Waals surface area (Å²) in [5, 5.41) is 20.4. The molecule has 0 amide bonds. The van der Waals surface area contributed by atoms with Gasteiger partial charge in [-0.15, -0.1) is 0 Å². The molecule has 0 saturated carbocycles. The summed E-state index contributed by atoms with van der Waals surface area (Å²) >= 11 is 0. The third-order valence-corrected chi connectivity index (χ3v) is 3.16. The molecule has 21 heavy (non-hydrogen) atoms. The highest BCUT2D eigenvalue weighted by Crippen LogP contribution is 2.27. The molecule has 0 bridgehead atoms. The van der Waals surface area contributed by atoms with Gasteiger partial charge < -0.3 is 9.84 Å². The lowest BCUT2D eigenvalue weighted by Crippen LogP contribution is -2.01. The van der Waals surface area contributed by atoms with E-state index in [2.05, 4.69) is 0 Å². The van der Waals surface area contributed by atoms with Crippen molar-refractivity contribution in [3.63, 3.8) is 0 Å². The molecule has 0 radical (unpaired) electrons. The van der Waals surface area contributed by atoms with Crippen molar-refractivity contribution in [1.29, 1.82) is 0 Å². The molecule has 2 aromatic rings. The van der Waals surface area contributed by atoms with Gasteiger partial charge in [-0.25, -0.2) is 0 Å². The molecule has 0 aliphatic carbocycles. The van der Waals surface area contributed by atoms with Crippen LogP contribution >= 0.6 is 0 Å². The van der Waals surface area contributed by atoms with Crippen LogP contribution in [0.25, 0.3) is 0 Å². The van der Waals surface area contributed by atoms with Crippen molar-refractivity contribution in [2.75, 3.05) is 0 Å². The van der Waals surface area contributed by atoms with Crippen molar-refractivity contribution in [3.8, 4) is 5.75 Å². The highest BCUT2D eigenvalue weighted by atomic mass is 16.6. The number of nitro benzene ring substituents is 1. The van der Waals surface area contributed by atoms with Gasteiger partial charge in [0, 0.05) is 17.7 Å². The first-order valence-electron chi connectivity index (χ1n) is 6.62. The molecule has 0 aliphatic rings. The predicted octanol–water partition coefficient (Wildman–Crippen LogP) is 3.54. The molecule has 110 valence electrons. The first-order chi connectivity index (χ1) is 9.97. The molecule has 2 rings (SSSR count). The van der Waals surface area contributed by atoms with E-state index in [1.807, 2.05) is 25.1 Å². The molecule has 1 atom stereocenters. The highest BCUT2D eigenvalue weighted by Gasteiger charge is 2.10. The largest absolute Gasteiger partial charge is 0.489 e. The summed E-state index contributed by atoms with van der Waals surface area (Å²) in [5.74, 6) is 0.619. The maximum absolute atomic E-state index is 10.6. The molecule has 5 nitrogen and oxygen atoms in total. The van der Waals surface area contributed by atoms with Gasteiger partial charge >= 0.3 is 0 Å². The average molecular weight is 287 g/mol. The van der Waals surface area contributed by atoms with Gasteiger partial charge in [0.25, 0.3) is 5.69 Å². The Balaban J connectivity index is 2.11. The summed E-state index contributed by atoms with van der Waals surface area (Å²) < 4.78 is 5.71. The van der Waals surface area contributed by atoms with Crippen LogP contribution in [0.1, 0.15) is 29.7 Å². The third kappa shape index (κ3) is 3.79. The van der Waals surface area contributed by atoms with Crippen LogP contribution in [-0.2, 0) is 6.61 Å². The number of nitro groups is 1. The lowest BCUT2D eigenvalue weighted by Gasteiger charge is -2.14. The zero-order valence-corrected chi connectivity index (χ0v) is 11.9. The van der Waals surface area contributed by atoms with E-state index in [-0.39, 0.29) is 5.69 Å². The van der Waals surface area contributed by atoms with Crippen molar-refractivity contribution >= 4 is 5.69 Å². The number of ether oxygens (including phenoxy) is 1. The number of nitrogens with zero attached hydrogens (tertiary/aromatic N) is 1. The summed E-state index contributed by atoms with van der Waals surface area (Å²) in [6, 6.07) is 11.8. The third-order valence-electron chi connectivity index (χ3n) is 3.16. The zero-order chi connectivity index (χ0) is 15.4. The Morgan fingerprint density at radius 3 is 2.48 bits per heavy atom. The Bertz CT molecular complexity index is 635. The van der Waals surface area contributed by atoms with E-state index >= 15 is 0 Å². The Kier molecular flexibility index (Phi) is 4.55. The summed E-state index contributed by atoms with van der Waals surface area (Å²) in [7, 11) is 0. The fraction of sp³-hybridized carbons (Fsp3) is 0.250. The van der Waals surface area contributed by atoms with E-state index in [0.29, 0.717) is 12.4 Å². The van der Waals surface area contributed by atoms with E-state index in [9.17, 15) is 15.2 Å². The van der Waals surface area contributed by atoms with Crippen molar-refractivity contribution in [2.24, 2.45) is 0 Å². The number of hydrogen-bond acceptors (Lipinski definition) is 4. The topological polar surface area (TPSA) is 72.6 Å². The minimum Gasteiger partial charge on any atom is -0.489 e. The number of benzene rings is 2. The lowest BCUT2D eigenvalue weighted by atomic mass is 10.1. The van der Waals surface area contributed by atoms with E-state index < -0.39 is 11.0 Å². The molecule has 0 aromatic heterocycles. The second-order valence-electron chi connectivity index (χ2n) is 4.93. The van der Waals surface area contributed by atoms with Crippen LogP contribution in [0.15, 0.2) is 42.5 Å². The number of aryl methyl sites for hydroxylation is 1. The first kappa shape index (κ1) is 15.0. The molecule has 0 fully saturated rings. The van der Waals surface area contributed by atoms with Gasteiger partial charge in [0.05, 0.1) is 11.0 Å². The Morgan fingerprint density at radius 2 is 1.90 bits per heavy atom. The van der Waals surface area contributed by atoms with Crippen LogP contribution in [0.4, 0.5) is 5.69 Å². The minimum atomic E-state index is -0.614. The molecular weight excluding hydrogens is 270 g/mol. The first-order valence-corrected chi connectivity index (χ1v) is 6.62. The summed E-state index contributed by atoms with van der Waals surface area (Å²) in [4.78, 5) is 10.2. The number of rotatable bonds is 5. The van der Waals surface area contributed by atoms with Crippen molar-refractivity contribution in [2.45, 2.75) is 26.6 Å². The molecule has 0 spiro atoms. The summed E-state index contributed by atoms with van der Waals surface area (Å²) in [5.41, 5.74) is 2.67. The maximum Gasteiger partial charge on any atom is 0.269 e. The quantitative estimate of drug-likeness (QED) is 0.674. The van der Waals surface area contributed by atoms with Gasteiger partial charge in [0.15, 0.2) is 0 Å². The van der Waals surface area contributed by atoms with Crippen LogP contribution in [0.3, 0.4) is 0 Å². The highest BCUT2D eigenvalue weighted by molar-refractivity contribution is 5.39. The van der Waals surface area contributed by atoms with E-state index in [4.69, 9.17) is 4.74 Å². The number of non-ortho nitro benzene ring substituents is 1. The second kappa shape index (κ2) is 6.37. The molecule has 0 aliphatic heterocycles. The molecule has 1 unspecified atom stereocenters. The molecule has 5 heteroatoms. The average Bonchev–Trinajstić information content (AvgIpc) is 2.46. The fourth-order valence-electron chi connectivity index (χ4n) is 2.00. The standard InChI is InChI=1S/C16H17NO4/c1-11-3-8-16(15(9-11)12(2)18)21-10-13-4-6-14(7-5-13)17(19)20/h3-9,12,18H,10H2,1-2H3. The van der Waals surface area contributed by atoms with Crippen LogP contribution < -0.4 is 4.74 Å². The SMILES string of the molecule is Cc1ccc(OCc2ccc([N+](=O)[O-])cc2)c(C(C)O)c1. The van der Waals surface area contributed by atoms with Crippen molar-refractivity contribution in [1.82, 2.24) is 0 Å². The van der Waals surface area contributed by atoms with Gasteiger partial charge in [0.1, 0.15) is 12.4 Å². The second-order valence-corrected chi connectivity index (χ2v) is 4.93.